The van der Waals surface area contributed by atoms with Gasteiger partial charge in [-0.3, -0.25) is 0 Å². The maximum Gasteiger partial charge on any atom is 0.126 e. The van der Waals surface area contributed by atoms with Crippen molar-refractivity contribution in [3.63, 3.8) is 0 Å². The van der Waals surface area contributed by atoms with Crippen molar-refractivity contribution >= 4 is 0 Å². The fourth-order valence-electron chi connectivity index (χ4n) is 3.29. The van der Waals surface area contributed by atoms with Crippen LogP contribution in [0.3, 0.4) is 0 Å². The van der Waals surface area contributed by atoms with Crippen molar-refractivity contribution in [2.45, 2.75) is 58.5 Å². The molecule has 0 aliphatic heterocycles. The molecule has 1 aromatic rings. The quantitative estimate of drug-likeness (QED) is 0.848. The molecule has 0 amide bonds. The molecule has 1 aromatic carbocycles. The normalized spacial score (nSPS) is 27.6. The van der Waals surface area contributed by atoms with E-state index >= 15 is 0 Å². The van der Waals surface area contributed by atoms with Crippen molar-refractivity contribution in [1.29, 1.82) is 0 Å². The minimum absolute atomic E-state index is 0.256. The molecule has 1 aliphatic rings. The lowest BCUT2D eigenvalue weighted by Gasteiger charge is -2.41. The zero-order chi connectivity index (χ0) is 15.0. The lowest BCUT2D eigenvalue weighted by atomic mass is 9.67. The van der Waals surface area contributed by atoms with Crippen LogP contribution in [0.5, 0.6) is 0 Å². The van der Waals surface area contributed by atoms with Crippen LogP contribution < -0.4 is 0 Å². The van der Waals surface area contributed by atoms with Gasteiger partial charge < -0.3 is 5.11 Å². The second kappa shape index (κ2) is 5.44. The van der Waals surface area contributed by atoms with E-state index in [0.717, 1.165) is 18.9 Å². The molecule has 0 spiro atoms. The van der Waals surface area contributed by atoms with Gasteiger partial charge in [0.1, 0.15) is 11.6 Å². The van der Waals surface area contributed by atoms with E-state index in [1.807, 2.05) is 0 Å². The predicted octanol–water partition coefficient (Wildman–Crippen LogP) is 4.47. The predicted molar refractivity (Wildman–Crippen MR) is 76.4 cm³/mol. The Bertz CT molecular complexity index is 448. The molecule has 1 nitrogen and oxygen atoms in total. The molecule has 0 bridgehead atoms. The van der Waals surface area contributed by atoms with Crippen LogP contribution >= 0.6 is 0 Å². The summed E-state index contributed by atoms with van der Waals surface area (Å²) < 4.78 is 26.4. The summed E-state index contributed by atoms with van der Waals surface area (Å²) >= 11 is 0. The summed E-state index contributed by atoms with van der Waals surface area (Å²) in [6.45, 7) is 6.68. The Kier molecular flexibility index (Phi) is 4.19. The number of aliphatic hydroxyl groups is 1. The summed E-state index contributed by atoms with van der Waals surface area (Å²) in [6, 6.07) is 3.50. The van der Waals surface area contributed by atoms with Gasteiger partial charge in [-0.2, -0.15) is 0 Å². The maximum absolute atomic E-state index is 13.2. The molecule has 0 radical (unpaired) electrons. The van der Waals surface area contributed by atoms with Crippen molar-refractivity contribution < 1.29 is 13.9 Å². The van der Waals surface area contributed by atoms with E-state index in [-0.39, 0.29) is 5.41 Å². The first-order valence-electron chi connectivity index (χ1n) is 7.35. The number of halogens is 2. The molecule has 1 saturated carbocycles. The zero-order valence-corrected chi connectivity index (χ0v) is 12.5. The minimum atomic E-state index is -0.817. The van der Waals surface area contributed by atoms with Crippen LogP contribution in [0.2, 0.25) is 0 Å². The largest absolute Gasteiger partial charge is 0.390 e. The van der Waals surface area contributed by atoms with Crippen LogP contribution in [0, 0.1) is 23.0 Å². The van der Waals surface area contributed by atoms with E-state index in [2.05, 4.69) is 20.8 Å². The molecule has 0 aromatic heterocycles. The third kappa shape index (κ3) is 3.78. The highest BCUT2D eigenvalue weighted by Gasteiger charge is 2.37. The SMILES string of the molecule is CC(C)(C)C1CCC(O)(Cc2cc(F)cc(F)c2)CC1. The van der Waals surface area contributed by atoms with Gasteiger partial charge in [0.2, 0.25) is 0 Å². The van der Waals surface area contributed by atoms with Crippen LogP contribution in [-0.2, 0) is 6.42 Å². The molecule has 112 valence electrons. The molecular formula is C17H24F2O. The smallest absolute Gasteiger partial charge is 0.126 e. The summed E-state index contributed by atoms with van der Waals surface area (Å²) in [6.07, 6.45) is 3.67. The molecule has 0 unspecified atom stereocenters. The van der Waals surface area contributed by atoms with E-state index in [0.29, 0.717) is 30.7 Å². The van der Waals surface area contributed by atoms with Crippen LogP contribution in [0.1, 0.15) is 52.0 Å². The number of hydrogen-bond donors (Lipinski definition) is 1. The number of benzene rings is 1. The van der Waals surface area contributed by atoms with Crippen LogP contribution in [0.4, 0.5) is 8.78 Å². The maximum atomic E-state index is 13.2. The van der Waals surface area contributed by atoms with Gasteiger partial charge in [0.25, 0.3) is 0 Å². The first-order valence-corrected chi connectivity index (χ1v) is 7.35. The summed E-state index contributed by atoms with van der Waals surface area (Å²) in [7, 11) is 0. The van der Waals surface area contributed by atoms with Crippen LogP contribution in [-0.4, -0.2) is 10.7 Å². The Morgan fingerprint density at radius 1 is 1.10 bits per heavy atom. The Hall–Kier alpha value is -0.960. The lowest BCUT2D eigenvalue weighted by Crippen LogP contribution is -2.39. The highest BCUT2D eigenvalue weighted by atomic mass is 19.1. The van der Waals surface area contributed by atoms with E-state index < -0.39 is 17.2 Å². The molecular weight excluding hydrogens is 258 g/mol. The van der Waals surface area contributed by atoms with Crippen molar-refractivity contribution in [3.05, 3.63) is 35.4 Å². The zero-order valence-electron chi connectivity index (χ0n) is 12.5. The third-order valence-electron chi connectivity index (χ3n) is 4.60. The Labute approximate surface area is 120 Å². The molecule has 0 saturated heterocycles. The average molecular weight is 282 g/mol. The van der Waals surface area contributed by atoms with E-state index in [1.165, 1.54) is 12.1 Å². The summed E-state index contributed by atoms with van der Waals surface area (Å²) in [5.74, 6) is -0.550. The molecule has 0 atom stereocenters. The van der Waals surface area contributed by atoms with Gasteiger partial charge >= 0.3 is 0 Å². The summed E-state index contributed by atoms with van der Waals surface area (Å²) in [5, 5.41) is 10.6. The summed E-state index contributed by atoms with van der Waals surface area (Å²) in [4.78, 5) is 0. The van der Waals surface area contributed by atoms with Gasteiger partial charge in [-0.1, -0.05) is 20.8 Å². The fourth-order valence-corrected chi connectivity index (χ4v) is 3.29. The Morgan fingerprint density at radius 2 is 1.60 bits per heavy atom. The molecule has 20 heavy (non-hydrogen) atoms. The topological polar surface area (TPSA) is 20.2 Å². The average Bonchev–Trinajstić information content (AvgIpc) is 2.25. The van der Waals surface area contributed by atoms with E-state index in [9.17, 15) is 13.9 Å². The Morgan fingerprint density at radius 3 is 2.05 bits per heavy atom. The van der Waals surface area contributed by atoms with Crippen molar-refractivity contribution in [2.24, 2.45) is 11.3 Å². The monoisotopic (exact) mass is 282 g/mol. The fraction of sp³-hybridized carbons (Fsp3) is 0.647. The van der Waals surface area contributed by atoms with Gasteiger partial charge in [-0.25, -0.2) is 8.78 Å². The van der Waals surface area contributed by atoms with E-state index in [4.69, 9.17) is 0 Å². The van der Waals surface area contributed by atoms with Gasteiger partial charge in [-0.15, -0.1) is 0 Å². The lowest BCUT2D eigenvalue weighted by molar-refractivity contribution is -0.0245. The molecule has 1 aliphatic carbocycles. The third-order valence-corrected chi connectivity index (χ3v) is 4.60. The second-order valence-corrected chi connectivity index (χ2v) is 7.32. The molecule has 2 rings (SSSR count). The standard InChI is InChI=1S/C17H24F2O/c1-16(2,3)13-4-6-17(20,7-5-13)11-12-8-14(18)10-15(19)9-12/h8-10,13,20H,4-7,11H2,1-3H3. The van der Waals surface area contributed by atoms with Crippen LogP contribution in [0.25, 0.3) is 0 Å². The highest BCUT2D eigenvalue weighted by Crippen LogP contribution is 2.42. The number of hydrogen-bond acceptors (Lipinski definition) is 1. The molecule has 0 heterocycles. The van der Waals surface area contributed by atoms with Crippen molar-refractivity contribution in [2.75, 3.05) is 0 Å². The van der Waals surface area contributed by atoms with Gasteiger partial charge in [0.05, 0.1) is 5.60 Å². The first-order chi connectivity index (χ1) is 9.18. The second-order valence-electron chi connectivity index (χ2n) is 7.32. The van der Waals surface area contributed by atoms with E-state index in [1.54, 1.807) is 0 Å². The molecule has 1 N–H and O–H groups in total. The highest BCUT2D eigenvalue weighted by molar-refractivity contribution is 5.20. The summed E-state index contributed by atoms with van der Waals surface area (Å²) in [5.41, 5.74) is -0.0203. The van der Waals surface area contributed by atoms with Crippen LogP contribution in [0.15, 0.2) is 18.2 Å². The Balaban J connectivity index is 2.03. The first kappa shape index (κ1) is 15.4. The molecule has 3 heteroatoms. The van der Waals surface area contributed by atoms with Gasteiger partial charge in [0, 0.05) is 12.5 Å². The minimum Gasteiger partial charge on any atom is -0.390 e. The van der Waals surface area contributed by atoms with Crippen molar-refractivity contribution in [1.82, 2.24) is 0 Å². The van der Waals surface area contributed by atoms with Gasteiger partial charge in [0.15, 0.2) is 0 Å². The van der Waals surface area contributed by atoms with Gasteiger partial charge in [-0.05, 0) is 54.7 Å². The number of rotatable bonds is 2. The van der Waals surface area contributed by atoms with Crippen molar-refractivity contribution in [3.8, 4) is 0 Å². The molecule has 1 fully saturated rings.